The van der Waals surface area contributed by atoms with Crippen molar-refractivity contribution in [3.05, 3.63) is 11.8 Å². The molecule has 0 aliphatic carbocycles. The molecule has 0 N–H and O–H groups in total. The molecule has 0 unspecified atom stereocenters. The van der Waals surface area contributed by atoms with Crippen molar-refractivity contribution >= 4 is 16.1 Å². The second kappa shape index (κ2) is 5.24. The van der Waals surface area contributed by atoms with Crippen molar-refractivity contribution in [2.24, 2.45) is 0 Å². The van der Waals surface area contributed by atoms with Crippen LogP contribution in [0.3, 0.4) is 0 Å². The Morgan fingerprint density at radius 2 is 1.43 bits per heavy atom. The molecule has 0 amide bonds. The number of hydrogen-bond donors (Lipinski definition) is 0. The van der Waals surface area contributed by atoms with Crippen molar-refractivity contribution in [2.75, 3.05) is 0 Å². The van der Waals surface area contributed by atoms with Gasteiger partial charge in [-0.3, -0.25) is 0 Å². The monoisotopic (exact) mass is 220 g/mol. The first-order chi connectivity index (χ1) is 6.21. The largest absolute Gasteiger partial charge is 0.130 e. The first kappa shape index (κ1) is 13.3. The Morgan fingerprint density at radius 3 is 1.86 bits per heavy atom. The minimum Gasteiger partial charge on any atom is -0.118 e. The SMILES string of the molecule is C[Si](C)(C)C#CC#CC=C[Si](C)(C)C. The summed E-state index contributed by atoms with van der Waals surface area (Å²) in [6.07, 6.45) is 1.95. The van der Waals surface area contributed by atoms with Crippen LogP contribution in [0.4, 0.5) is 0 Å². The van der Waals surface area contributed by atoms with Crippen LogP contribution in [-0.2, 0) is 0 Å². The molecule has 14 heavy (non-hydrogen) atoms. The van der Waals surface area contributed by atoms with Crippen LogP contribution < -0.4 is 0 Å². The summed E-state index contributed by atoms with van der Waals surface area (Å²) in [5.41, 5.74) is 5.44. The molecule has 2 heteroatoms. The van der Waals surface area contributed by atoms with Crippen molar-refractivity contribution in [1.29, 1.82) is 0 Å². The molecule has 0 bridgehead atoms. The molecule has 0 atom stereocenters. The Hall–Kier alpha value is -0.706. The third-order valence-corrected chi connectivity index (χ3v) is 3.28. The van der Waals surface area contributed by atoms with Crippen LogP contribution in [0.15, 0.2) is 11.8 Å². The fourth-order valence-electron chi connectivity index (χ4n) is 0.588. The second-order valence-corrected chi connectivity index (χ2v) is 15.3. The van der Waals surface area contributed by atoms with Gasteiger partial charge in [0.2, 0.25) is 0 Å². The summed E-state index contributed by atoms with van der Waals surface area (Å²) in [5.74, 6) is 8.77. The van der Waals surface area contributed by atoms with Gasteiger partial charge in [0.25, 0.3) is 0 Å². The third-order valence-electron chi connectivity index (χ3n) is 1.24. The summed E-state index contributed by atoms with van der Waals surface area (Å²) in [7, 11) is -2.31. The van der Waals surface area contributed by atoms with Gasteiger partial charge in [-0.15, -0.1) is 5.54 Å². The summed E-state index contributed by atoms with van der Waals surface area (Å²) in [6, 6.07) is 0. The van der Waals surface area contributed by atoms with E-state index in [1.165, 1.54) is 0 Å². The molecule has 0 saturated carbocycles. The van der Waals surface area contributed by atoms with E-state index < -0.39 is 16.1 Å². The van der Waals surface area contributed by atoms with Gasteiger partial charge >= 0.3 is 0 Å². The summed E-state index contributed by atoms with van der Waals surface area (Å²) < 4.78 is 0. The van der Waals surface area contributed by atoms with Gasteiger partial charge in [-0.2, -0.15) is 0 Å². The Morgan fingerprint density at radius 1 is 0.857 bits per heavy atom. The van der Waals surface area contributed by atoms with Gasteiger partial charge in [-0.1, -0.05) is 50.9 Å². The fraction of sp³-hybridized carbons (Fsp3) is 0.500. The van der Waals surface area contributed by atoms with Crippen LogP contribution in [0.5, 0.6) is 0 Å². The van der Waals surface area contributed by atoms with Gasteiger partial charge in [0.15, 0.2) is 0 Å². The molecule has 0 aromatic heterocycles. The lowest BCUT2D eigenvalue weighted by molar-refractivity contribution is 1.77. The lowest BCUT2D eigenvalue weighted by atomic mass is 10.6. The van der Waals surface area contributed by atoms with Crippen molar-refractivity contribution in [3.8, 4) is 23.3 Å². The lowest BCUT2D eigenvalue weighted by Gasteiger charge is -2.05. The standard InChI is InChI=1S/C12H20Si2/c1-13(2,3)11-9-7-8-10-12-14(4,5)6/h9,11H,1-6H3. The average Bonchev–Trinajstić information content (AvgIpc) is 1.92. The highest BCUT2D eigenvalue weighted by Gasteiger charge is 2.06. The van der Waals surface area contributed by atoms with E-state index in [0.717, 1.165) is 0 Å². The van der Waals surface area contributed by atoms with Gasteiger partial charge in [-0.05, 0) is 17.9 Å². The van der Waals surface area contributed by atoms with Crippen LogP contribution in [0, 0.1) is 23.3 Å². The van der Waals surface area contributed by atoms with Crippen LogP contribution in [0.1, 0.15) is 0 Å². The Balaban J connectivity index is 4.21. The van der Waals surface area contributed by atoms with Gasteiger partial charge in [-0.25, -0.2) is 0 Å². The van der Waals surface area contributed by atoms with Gasteiger partial charge in [0, 0.05) is 0 Å². The summed E-state index contributed by atoms with van der Waals surface area (Å²) in [5, 5.41) is 0. The van der Waals surface area contributed by atoms with Gasteiger partial charge < -0.3 is 0 Å². The highest BCUT2D eigenvalue weighted by Crippen LogP contribution is 2.00. The van der Waals surface area contributed by atoms with Crippen LogP contribution in [0.2, 0.25) is 39.3 Å². The van der Waals surface area contributed by atoms with Crippen molar-refractivity contribution in [2.45, 2.75) is 39.3 Å². The number of allylic oxidation sites excluding steroid dienone is 1. The predicted octanol–water partition coefficient (Wildman–Crippen LogP) is 3.30. The molecule has 0 nitrogen and oxygen atoms in total. The van der Waals surface area contributed by atoms with E-state index in [1.54, 1.807) is 0 Å². The minimum atomic E-state index is -1.23. The van der Waals surface area contributed by atoms with Gasteiger partial charge in [0.05, 0.1) is 8.07 Å². The average molecular weight is 220 g/mol. The highest BCUT2D eigenvalue weighted by molar-refractivity contribution is 6.84. The second-order valence-electron chi connectivity index (χ2n) is 5.47. The molecule has 0 aliphatic rings. The fourth-order valence-corrected chi connectivity index (χ4v) is 1.61. The van der Waals surface area contributed by atoms with Crippen molar-refractivity contribution < 1.29 is 0 Å². The molecule has 0 rings (SSSR count). The van der Waals surface area contributed by atoms with E-state index in [1.807, 2.05) is 6.08 Å². The van der Waals surface area contributed by atoms with Gasteiger partial charge in [0.1, 0.15) is 8.07 Å². The quantitative estimate of drug-likeness (QED) is 0.470. The van der Waals surface area contributed by atoms with Crippen molar-refractivity contribution in [1.82, 2.24) is 0 Å². The lowest BCUT2D eigenvalue weighted by Crippen LogP contribution is -2.16. The number of rotatable bonds is 1. The van der Waals surface area contributed by atoms with Crippen molar-refractivity contribution in [3.63, 3.8) is 0 Å². The van der Waals surface area contributed by atoms with Crippen LogP contribution >= 0.6 is 0 Å². The van der Waals surface area contributed by atoms with Crippen LogP contribution in [0.25, 0.3) is 0 Å². The zero-order valence-electron chi connectivity index (χ0n) is 10.2. The molecule has 0 aliphatic heterocycles. The highest BCUT2D eigenvalue weighted by atomic mass is 28.3. The first-order valence-corrected chi connectivity index (χ1v) is 12.0. The van der Waals surface area contributed by atoms with E-state index in [0.29, 0.717) is 0 Å². The zero-order chi connectivity index (χ0) is 11.2. The maximum absolute atomic E-state index is 3.21. The minimum absolute atomic E-state index is 1.08. The van der Waals surface area contributed by atoms with E-state index in [-0.39, 0.29) is 0 Å². The third kappa shape index (κ3) is 11.3. The maximum Gasteiger partial charge on any atom is 0.130 e. The molecular formula is C12H20Si2. The normalized spacial score (nSPS) is 11.6. The van der Waals surface area contributed by atoms with E-state index in [4.69, 9.17) is 0 Å². The molecular weight excluding hydrogens is 200 g/mol. The molecule has 0 radical (unpaired) electrons. The van der Waals surface area contributed by atoms with Crippen LogP contribution in [-0.4, -0.2) is 16.1 Å². The van der Waals surface area contributed by atoms with E-state index in [9.17, 15) is 0 Å². The first-order valence-electron chi connectivity index (χ1n) is 4.91. The summed E-state index contributed by atoms with van der Waals surface area (Å²) in [6.45, 7) is 13.5. The molecule has 0 heterocycles. The maximum atomic E-state index is 3.21. The molecule has 0 aromatic rings. The number of hydrogen-bond acceptors (Lipinski definition) is 0. The zero-order valence-corrected chi connectivity index (χ0v) is 12.2. The summed E-state index contributed by atoms with van der Waals surface area (Å²) in [4.78, 5) is 0. The smallest absolute Gasteiger partial charge is 0.118 e. The Labute approximate surface area is 90.8 Å². The molecule has 76 valence electrons. The molecule has 0 spiro atoms. The van der Waals surface area contributed by atoms with E-state index in [2.05, 4.69) is 68.3 Å². The summed E-state index contributed by atoms with van der Waals surface area (Å²) >= 11 is 0. The Bertz CT molecular complexity index is 316. The molecule has 0 fully saturated rings. The predicted molar refractivity (Wildman–Crippen MR) is 71.4 cm³/mol. The molecule has 0 aromatic carbocycles. The molecule has 0 saturated heterocycles. The Kier molecular flexibility index (Phi) is 4.98. The van der Waals surface area contributed by atoms with E-state index >= 15 is 0 Å². The topological polar surface area (TPSA) is 0 Å².